The Bertz CT molecular complexity index is 612. The van der Waals surface area contributed by atoms with E-state index in [0.29, 0.717) is 0 Å². The van der Waals surface area contributed by atoms with Crippen molar-refractivity contribution in [2.24, 2.45) is 5.73 Å². The van der Waals surface area contributed by atoms with E-state index in [4.69, 9.17) is 5.73 Å². The molecule has 0 radical (unpaired) electrons. The minimum absolute atomic E-state index is 0.241. The van der Waals surface area contributed by atoms with Gasteiger partial charge in [0.2, 0.25) is 5.95 Å². The lowest BCUT2D eigenvalue weighted by atomic mass is 10.0. The first-order chi connectivity index (χ1) is 9.63. The number of nitrogens with two attached hydrogens (primary N) is 1. The second kappa shape index (κ2) is 5.50. The Morgan fingerprint density at radius 3 is 2.70 bits per heavy atom. The average Bonchev–Trinajstić information content (AvgIpc) is 2.88. The molecule has 0 aliphatic carbocycles. The summed E-state index contributed by atoms with van der Waals surface area (Å²) in [5, 5.41) is 0. The molecule has 1 saturated heterocycles. The highest BCUT2D eigenvalue weighted by molar-refractivity contribution is 9.10. The third kappa shape index (κ3) is 2.69. The maximum atomic E-state index is 5.92. The van der Waals surface area contributed by atoms with E-state index in [1.165, 1.54) is 5.56 Å². The lowest BCUT2D eigenvalue weighted by Crippen LogP contribution is -2.27. The Morgan fingerprint density at radius 1 is 1.30 bits per heavy atom. The van der Waals surface area contributed by atoms with Gasteiger partial charge in [-0.25, -0.2) is 9.97 Å². The Balaban J connectivity index is 1.87. The van der Waals surface area contributed by atoms with Crippen molar-refractivity contribution < 1.29 is 0 Å². The summed E-state index contributed by atoms with van der Waals surface area (Å²) in [6.45, 7) is 3.88. The number of hydrogen-bond donors (Lipinski definition) is 1. The van der Waals surface area contributed by atoms with Gasteiger partial charge in [0, 0.05) is 41.6 Å². The molecule has 2 aromatic rings. The van der Waals surface area contributed by atoms with Crippen LogP contribution in [0.1, 0.15) is 12.0 Å². The van der Waals surface area contributed by atoms with Gasteiger partial charge in [0.25, 0.3) is 0 Å². The average molecular weight is 333 g/mol. The van der Waals surface area contributed by atoms with Gasteiger partial charge < -0.3 is 10.6 Å². The number of aromatic nitrogens is 2. The van der Waals surface area contributed by atoms with Crippen molar-refractivity contribution in [3.05, 3.63) is 40.6 Å². The Morgan fingerprint density at radius 2 is 2.05 bits per heavy atom. The number of aryl methyl sites for hydroxylation is 1. The van der Waals surface area contributed by atoms with Crippen LogP contribution in [0.15, 0.2) is 35.1 Å². The monoisotopic (exact) mass is 332 g/mol. The van der Waals surface area contributed by atoms with Crippen molar-refractivity contribution in [2.45, 2.75) is 19.4 Å². The van der Waals surface area contributed by atoms with E-state index in [0.717, 1.165) is 41.1 Å². The molecule has 2 heterocycles. The quantitative estimate of drug-likeness (QED) is 0.918. The van der Waals surface area contributed by atoms with Crippen LogP contribution in [0.25, 0.3) is 11.1 Å². The van der Waals surface area contributed by atoms with Crippen LogP contribution in [0.5, 0.6) is 0 Å². The van der Waals surface area contributed by atoms with E-state index in [1.807, 2.05) is 18.5 Å². The lowest BCUT2D eigenvalue weighted by molar-refractivity contribution is 0.750. The van der Waals surface area contributed by atoms with Gasteiger partial charge in [0.15, 0.2) is 0 Å². The molecule has 0 amide bonds. The van der Waals surface area contributed by atoms with Crippen LogP contribution in [0.4, 0.5) is 5.95 Å². The summed E-state index contributed by atoms with van der Waals surface area (Å²) < 4.78 is 1.06. The second-order valence-corrected chi connectivity index (χ2v) is 6.14. The van der Waals surface area contributed by atoms with Crippen LogP contribution in [-0.4, -0.2) is 29.1 Å². The van der Waals surface area contributed by atoms with Crippen LogP contribution in [0, 0.1) is 6.92 Å². The minimum atomic E-state index is 0.241. The van der Waals surface area contributed by atoms with Crippen LogP contribution in [0.3, 0.4) is 0 Å². The van der Waals surface area contributed by atoms with Crippen molar-refractivity contribution in [1.82, 2.24) is 9.97 Å². The molecule has 0 saturated carbocycles. The molecule has 0 bridgehead atoms. The summed E-state index contributed by atoms with van der Waals surface area (Å²) in [6.07, 6.45) is 4.79. The van der Waals surface area contributed by atoms with Crippen molar-refractivity contribution in [2.75, 3.05) is 18.0 Å². The molecule has 1 atom stereocenters. The molecule has 1 aromatic heterocycles. The first-order valence-electron chi connectivity index (χ1n) is 6.72. The minimum Gasteiger partial charge on any atom is -0.339 e. The molecular weight excluding hydrogens is 316 g/mol. The van der Waals surface area contributed by atoms with Crippen LogP contribution in [0.2, 0.25) is 0 Å². The van der Waals surface area contributed by atoms with Gasteiger partial charge in [0.05, 0.1) is 0 Å². The highest BCUT2D eigenvalue weighted by Crippen LogP contribution is 2.26. The predicted octanol–water partition coefficient (Wildman–Crippen LogP) is 2.75. The molecule has 3 rings (SSSR count). The fourth-order valence-electron chi connectivity index (χ4n) is 2.50. The zero-order valence-corrected chi connectivity index (χ0v) is 13.0. The van der Waals surface area contributed by atoms with Gasteiger partial charge in [-0.1, -0.05) is 22.0 Å². The van der Waals surface area contributed by atoms with Crippen molar-refractivity contribution in [3.63, 3.8) is 0 Å². The summed E-state index contributed by atoms with van der Waals surface area (Å²) in [6, 6.07) is 6.47. The summed E-state index contributed by atoms with van der Waals surface area (Å²) in [7, 11) is 0. The maximum absolute atomic E-state index is 5.92. The number of hydrogen-bond acceptors (Lipinski definition) is 4. The van der Waals surface area contributed by atoms with Gasteiger partial charge in [-0.3, -0.25) is 0 Å². The van der Waals surface area contributed by atoms with E-state index in [9.17, 15) is 0 Å². The molecular formula is C15H17BrN4. The fourth-order valence-corrected chi connectivity index (χ4v) is 2.86. The Kier molecular flexibility index (Phi) is 3.72. The molecule has 1 aliphatic heterocycles. The molecule has 20 heavy (non-hydrogen) atoms. The summed E-state index contributed by atoms with van der Waals surface area (Å²) in [5.41, 5.74) is 9.33. The van der Waals surface area contributed by atoms with E-state index in [2.05, 4.69) is 49.9 Å². The SMILES string of the molecule is Cc1ccc(Br)cc1-c1cnc(N2CCC(N)C2)nc1. The van der Waals surface area contributed by atoms with E-state index >= 15 is 0 Å². The molecule has 1 aromatic carbocycles. The van der Waals surface area contributed by atoms with Gasteiger partial charge in [-0.05, 0) is 36.6 Å². The molecule has 2 N–H and O–H groups in total. The van der Waals surface area contributed by atoms with Gasteiger partial charge in [-0.15, -0.1) is 0 Å². The van der Waals surface area contributed by atoms with E-state index in [1.54, 1.807) is 0 Å². The van der Waals surface area contributed by atoms with Crippen LogP contribution in [-0.2, 0) is 0 Å². The Hall–Kier alpha value is -1.46. The molecule has 1 unspecified atom stereocenters. The normalized spacial score (nSPS) is 18.6. The highest BCUT2D eigenvalue weighted by Gasteiger charge is 2.21. The second-order valence-electron chi connectivity index (χ2n) is 5.23. The van der Waals surface area contributed by atoms with Gasteiger partial charge >= 0.3 is 0 Å². The van der Waals surface area contributed by atoms with E-state index in [-0.39, 0.29) is 6.04 Å². The molecule has 1 fully saturated rings. The number of rotatable bonds is 2. The van der Waals surface area contributed by atoms with E-state index < -0.39 is 0 Å². The summed E-state index contributed by atoms with van der Waals surface area (Å²) >= 11 is 3.51. The summed E-state index contributed by atoms with van der Waals surface area (Å²) in [4.78, 5) is 11.1. The molecule has 1 aliphatic rings. The largest absolute Gasteiger partial charge is 0.339 e. The molecule has 4 nitrogen and oxygen atoms in total. The van der Waals surface area contributed by atoms with Crippen molar-refractivity contribution in [1.29, 1.82) is 0 Å². The molecule has 5 heteroatoms. The number of halogens is 1. The van der Waals surface area contributed by atoms with Gasteiger partial charge in [0.1, 0.15) is 0 Å². The third-order valence-corrected chi connectivity index (χ3v) is 4.15. The fraction of sp³-hybridized carbons (Fsp3) is 0.333. The van der Waals surface area contributed by atoms with Crippen molar-refractivity contribution >= 4 is 21.9 Å². The summed E-state index contributed by atoms with van der Waals surface area (Å²) in [5.74, 6) is 0.773. The highest BCUT2D eigenvalue weighted by atomic mass is 79.9. The van der Waals surface area contributed by atoms with Crippen LogP contribution >= 0.6 is 15.9 Å². The number of anilines is 1. The van der Waals surface area contributed by atoms with Gasteiger partial charge in [-0.2, -0.15) is 0 Å². The van der Waals surface area contributed by atoms with Crippen molar-refractivity contribution in [3.8, 4) is 11.1 Å². The number of nitrogens with zero attached hydrogens (tertiary/aromatic N) is 3. The molecule has 0 spiro atoms. The zero-order chi connectivity index (χ0) is 14.1. The lowest BCUT2D eigenvalue weighted by Gasteiger charge is -2.15. The zero-order valence-electron chi connectivity index (χ0n) is 11.4. The standard InChI is InChI=1S/C15H17BrN4/c1-10-2-3-12(16)6-14(10)11-7-18-15(19-8-11)20-5-4-13(17)9-20/h2-3,6-8,13H,4-5,9,17H2,1H3. The predicted molar refractivity (Wildman–Crippen MR) is 84.7 cm³/mol. The van der Waals surface area contributed by atoms with Crippen LogP contribution < -0.4 is 10.6 Å². The first-order valence-corrected chi connectivity index (χ1v) is 7.52. The smallest absolute Gasteiger partial charge is 0.225 e. The first kappa shape index (κ1) is 13.5. The number of benzene rings is 1. The maximum Gasteiger partial charge on any atom is 0.225 e. The third-order valence-electron chi connectivity index (χ3n) is 3.66. The molecule has 104 valence electrons. The topological polar surface area (TPSA) is 55.0 Å². The Labute approximate surface area is 127 Å².